The molecule has 10 heteroatoms. The molecule has 0 unspecified atom stereocenters. The molecule has 0 radical (unpaired) electrons. The fraction of sp³-hybridized carbons (Fsp3) is 0.208. The van der Waals surface area contributed by atoms with Crippen molar-refractivity contribution in [1.82, 2.24) is 23.7 Å². The van der Waals surface area contributed by atoms with Gasteiger partial charge in [0.15, 0.2) is 16.3 Å². The fourth-order valence-corrected chi connectivity index (χ4v) is 4.94. The Balaban J connectivity index is 1.51. The largest absolute Gasteiger partial charge is 0.332 e. The Morgan fingerprint density at radius 3 is 2.50 bits per heavy atom. The third kappa shape index (κ3) is 3.81. The molecule has 0 spiro atoms. The van der Waals surface area contributed by atoms with E-state index in [1.54, 1.807) is 11.9 Å². The van der Waals surface area contributed by atoms with E-state index >= 15 is 0 Å². The number of anilines is 1. The van der Waals surface area contributed by atoms with E-state index in [0.717, 1.165) is 20.3 Å². The Morgan fingerprint density at radius 1 is 1.00 bits per heavy atom. The first-order valence-electron chi connectivity index (χ1n) is 10.7. The molecular formula is C24H22N6O3S. The van der Waals surface area contributed by atoms with Crippen LogP contribution >= 0.6 is 11.3 Å². The maximum absolute atomic E-state index is 13.6. The van der Waals surface area contributed by atoms with Gasteiger partial charge in [0, 0.05) is 20.6 Å². The second-order valence-corrected chi connectivity index (χ2v) is 9.00. The number of hydrogen-bond donors (Lipinski definition) is 0. The first-order chi connectivity index (χ1) is 16.4. The number of carbonyl (C=O) groups is 1. The molecule has 3 heterocycles. The Hall–Kier alpha value is -4.05. The first-order valence-corrected chi connectivity index (χ1v) is 11.6. The zero-order valence-corrected chi connectivity index (χ0v) is 19.5. The van der Waals surface area contributed by atoms with Crippen molar-refractivity contribution < 1.29 is 4.79 Å². The zero-order chi connectivity index (χ0) is 23.8. The van der Waals surface area contributed by atoms with Gasteiger partial charge in [0.2, 0.25) is 5.91 Å². The summed E-state index contributed by atoms with van der Waals surface area (Å²) in [7, 11) is 2.97. The van der Waals surface area contributed by atoms with Crippen molar-refractivity contribution in [3.63, 3.8) is 0 Å². The topological polar surface area (TPSA) is 95.0 Å². The van der Waals surface area contributed by atoms with Crippen LogP contribution in [0, 0.1) is 0 Å². The van der Waals surface area contributed by atoms with Gasteiger partial charge in [-0.3, -0.25) is 23.6 Å². The van der Waals surface area contributed by atoms with Gasteiger partial charge in [-0.05, 0) is 24.1 Å². The summed E-state index contributed by atoms with van der Waals surface area (Å²) >= 11 is 1.45. The molecule has 0 aliphatic rings. The Bertz CT molecular complexity index is 1600. The number of fused-ring (bicyclic) bond motifs is 2. The molecule has 0 fully saturated rings. The number of nitrogens with zero attached hydrogens (tertiary/aromatic N) is 6. The quantitative estimate of drug-likeness (QED) is 0.376. The standard InChI is InChI=1S/C24H22N6O3S/c1-27-21-20(22(32)28(2)24(27)33)29(15-25-21)14-19(31)30(13-12-16-8-4-3-5-9-16)23-26-17-10-6-7-11-18(17)34-23/h3-11,15H,12-14H2,1-2H3. The number of thiazole rings is 1. The molecule has 172 valence electrons. The van der Waals surface area contributed by atoms with Crippen LogP contribution in [0.4, 0.5) is 5.13 Å². The Labute approximate surface area is 198 Å². The molecule has 0 bridgehead atoms. The van der Waals surface area contributed by atoms with E-state index in [4.69, 9.17) is 0 Å². The molecular weight excluding hydrogens is 452 g/mol. The van der Waals surface area contributed by atoms with E-state index in [1.807, 2.05) is 54.6 Å². The number of hydrogen-bond acceptors (Lipinski definition) is 6. The minimum absolute atomic E-state index is 0.103. The van der Waals surface area contributed by atoms with Crippen molar-refractivity contribution >= 4 is 43.8 Å². The third-order valence-corrected chi connectivity index (χ3v) is 6.86. The van der Waals surface area contributed by atoms with Gasteiger partial charge in [0.25, 0.3) is 5.56 Å². The number of carbonyl (C=O) groups excluding carboxylic acids is 1. The van der Waals surface area contributed by atoms with E-state index in [9.17, 15) is 14.4 Å². The van der Waals surface area contributed by atoms with Crippen LogP contribution in [-0.2, 0) is 31.9 Å². The van der Waals surface area contributed by atoms with Crippen molar-refractivity contribution in [2.45, 2.75) is 13.0 Å². The lowest BCUT2D eigenvalue weighted by Gasteiger charge is -2.20. The average molecular weight is 475 g/mol. The average Bonchev–Trinajstić information content (AvgIpc) is 3.46. The van der Waals surface area contributed by atoms with Gasteiger partial charge in [-0.25, -0.2) is 14.8 Å². The van der Waals surface area contributed by atoms with Crippen LogP contribution in [0.1, 0.15) is 5.56 Å². The molecule has 5 aromatic rings. The molecule has 2 aromatic carbocycles. The van der Waals surface area contributed by atoms with Crippen LogP contribution in [0.25, 0.3) is 21.4 Å². The van der Waals surface area contributed by atoms with Gasteiger partial charge in [0.1, 0.15) is 6.54 Å². The maximum atomic E-state index is 13.6. The van der Waals surface area contributed by atoms with Crippen molar-refractivity contribution in [2.75, 3.05) is 11.4 Å². The summed E-state index contributed by atoms with van der Waals surface area (Å²) in [4.78, 5) is 49.2. The number of imidazole rings is 1. The SMILES string of the molecule is Cn1c(=O)c2c(ncn2CC(=O)N(CCc2ccccc2)c2nc3ccccc3s2)n(C)c1=O. The Morgan fingerprint density at radius 2 is 1.74 bits per heavy atom. The van der Waals surface area contributed by atoms with Gasteiger partial charge in [-0.2, -0.15) is 0 Å². The molecule has 0 aliphatic heterocycles. The molecule has 34 heavy (non-hydrogen) atoms. The second-order valence-electron chi connectivity index (χ2n) is 8.00. The molecule has 0 atom stereocenters. The number of amides is 1. The van der Waals surface area contributed by atoms with Gasteiger partial charge < -0.3 is 4.57 Å². The van der Waals surface area contributed by atoms with E-state index in [2.05, 4.69) is 9.97 Å². The smallest absolute Gasteiger partial charge is 0.315 e. The van der Waals surface area contributed by atoms with Crippen molar-refractivity contribution in [3.8, 4) is 0 Å². The number of aryl methyl sites for hydroxylation is 1. The molecule has 0 saturated heterocycles. The molecule has 0 aliphatic carbocycles. The molecule has 0 saturated carbocycles. The van der Waals surface area contributed by atoms with Crippen LogP contribution in [-0.4, -0.2) is 36.1 Å². The summed E-state index contributed by atoms with van der Waals surface area (Å²) in [6.07, 6.45) is 2.08. The van der Waals surface area contributed by atoms with Gasteiger partial charge in [-0.1, -0.05) is 53.8 Å². The highest BCUT2D eigenvalue weighted by Crippen LogP contribution is 2.29. The summed E-state index contributed by atoms with van der Waals surface area (Å²) in [5.41, 5.74) is 1.45. The summed E-state index contributed by atoms with van der Waals surface area (Å²) in [6.45, 7) is 0.334. The van der Waals surface area contributed by atoms with Crippen LogP contribution < -0.4 is 16.1 Å². The predicted octanol–water partition coefficient (Wildman–Crippen LogP) is 2.32. The van der Waals surface area contributed by atoms with Crippen LogP contribution in [0.5, 0.6) is 0 Å². The molecule has 0 N–H and O–H groups in total. The second kappa shape index (κ2) is 8.71. The third-order valence-electron chi connectivity index (χ3n) is 5.80. The summed E-state index contributed by atoms with van der Waals surface area (Å²) < 4.78 is 4.82. The summed E-state index contributed by atoms with van der Waals surface area (Å²) in [5, 5.41) is 0.604. The summed E-state index contributed by atoms with van der Waals surface area (Å²) in [6, 6.07) is 17.7. The highest BCUT2D eigenvalue weighted by atomic mass is 32.1. The minimum atomic E-state index is -0.487. The van der Waals surface area contributed by atoms with Gasteiger partial charge in [-0.15, -0.1) is 0 Å². The number of rotatable bonds is 6. The Kier molecular flexibility index (Phi) is 5.58. The van der Waals surface area contributed by atoms with Crippen LogP contribution in [0.3, 0.4) is 0 Å². The monoisotopic (exact) mass is 474 g/mol. The molecule has 9 nitrogen and oxygen atoms in total. The number of para-hydroxylation sites is 1. The van der Waals surface area contributed by atoms with E-state index in [1.165, 1.54) is 33.8 Å². The van der Waals surface area contributed by atoms with Crippen molar-refractivity contribution in [3.05, 3.63) is 87.3 Å². The normalized spacial score (nSPS) is 11.4. The molecule has 5 rings (SSSR count). The highest BCUT2D eigenvalue weighted by Gasteiger charge is 2.22. The van der Waals surface area contributed by atoms with Crippen molar-refractivity contribution in [1.29, 1.82) is 0 Å². The minimum Gasteiger partial charge on any atom is -0.315 e. The zero-order valence-electron chi connectivity index (χ0n) is 18.7. The van der Waals surface area contributed by atoms with Crippen LogP contribution in [0.15, 0.2) is 70.5 Å². The first kappa shape index (κ1) is 21.8. The van der Waals surface area contributed by atoms with Crippen molar-refractivity contribution in [2.24, 2.45) is 14.1 Å². The molecule has 3 aromatic heterocycles. The van der Waals surface area contributed by atoms with E-state index in [-0.39, 0.29) is 23.6 Å². The number of benzene rings is 2. The fourth-order valence-electron chi connectivity index (χ4n) is 3.94. The van der Waals surface area contributed by atoms with Gasteiger partial charge in [0.05, 0.1) is 16.5 Å². The lowest BCUT2D eigenvalue weighted by atomic mass is 10.1. The lowest BCUT2D eigenvalue weighted by molar-refractivity contribution is -0.119. The van der Waals surface area contributed by atoms with Crippen LogP contribution in [0.2, 0.25) is 0 Å². The molecule has 1 amide bonds. The van der Waals surface area contributed by atoms with E-state index in [0.29, 0.717) is 18.1 Å². The van der Waals surface area contributed by atoms with E-state index < -0.39 is 11.2 Å². The lowest BCUT2D eigenvalue weighted by Crippen LogP contribution is -2.39. The number of aromatic nitrogens is 5. The highest BCUT2D eigenvalue weighted by molar-refractivity contribution is 7.22. The predicted molar refractivity (Wildman–Crippen MR) is 132 cm³/mol. The maximum Gasteiger partial charge on any atom is 0.332 e. The van der Waals surface area contributed by atoms with Gasteiger partial charge >= 0.3 is 5.69 Å². The summed E-state index contributed by atoms with van der Waals surface area (Å²) in [5.74, 6) is -0.217.